The minimum Gasteiger partial charge on any atom is -0.247 e. The lowest BCUT2D eigenvalue weighted by molar-refractivity contribution is 0.0764. The second-order valence-corrected chi connectivity index (χ2v) is 11.8. The van der Waals surface area contributed by atoms with E-state index in [1.807, 2.05) is 0 Å². The summed E-state index contributed by atoms with van der Waals surface area (Å²) >= 11 is 0. The molecule has 0 N–H and O–H groups in total. The van der Waals surface area contributed by atoms with Crippen LogP contribution in [-0.2, 0) is 0 Å². The van der Waals surface area contributed by atoms with E-state index in [0.29, 0.717) is 17.8 Å². The van der Waals surface area contributed by atoms with Crippen molar-refractivity contribution in [1.82, 2.24) is 0 Å². The largest absolute Gasteiger partial charge is 0.247 e. The zero-order chi connectivity index (χ0) is 19.5. The molecule has 3 unspecified atom stereocenters. The molecule has 3 atom stereocenters. The van der Waals surface area contributed by atoms with Crippen LogP contribution in [0.3, 0.4) is 0 Å². The van der Waals surface area contributed by atoms with Crippen molar-refractivity contribution in [2.75, 3.05) is 0 Å². The number of halogens is 1. The van der Waals surface area contributed by atoms with E-state index in [1.165, 1.54) is 96.3 Å². The van der Waals surface area contributed by atoms with Gasteiger partial charge in [0.15, 0.2) is 0 Å². The maximum Gasteiger partial charge on any atom is 0.103 e. The van der Waals surface area contributed by atoms with Crippen LogP contribution in [0.15, 0.2) is 0 Å². The molecular weight excluding hydrogens is 343 g/mol. The van der Waals surface area contributed by atoms with Gasteiger partial charge >= 0.3 is 0 Å². The first-order valence-electron chi connectivity index (χ1n) is 13.2. The molecule has 4 aliphatic rings. The Labute approximate surface area is 174 Å². The van der Waals surface area contributed by atoms with Crippen LogP contribution in [0.1, 0.15) is 117 Å². The number of rotatable bonds is 3. The Hall–Kier alpha value is -0.0700. The van der Waals surface area contributed by atoms with Crippen molar-refractivity contribution in [2.24, 2.45) is 47.3 Å². The molecule has 4 aliphatic carbocycles. The normalized spacial score (nSPS) is 48.8. The van der Waals surface area contributed by atoms with Gasteiger partial charge in [0.05, 0.1) is 0 Å². The van der Waals surface area contributed by atoms with Crippen molar-refractivity contribution in [3.63, 3.8) is 0 Å². The summed E-state index contributed by atoms with van der Waals surface area (Å²) < 4.78 is 15.5. The fourth-order valence-electron chi connectivity index (χ4n) is 7.90. The molecule has 0 saturated heterocycles. The van der Waals surface area contributed by atoms with E-state index < -0.39 is 6.17 Å². The van der Waals surface area contributed by atoms with Crippen LogP contribution in [-0.4, -0.2) is 6.17 Å². The summed E-state index contributed by atoms with van der Waals surface area (Å²) in [5, 5.41) is 0. The van der Waals surface area contributed by atoms with Gasteiger partial charge in [0, 0.05) is 0 Å². The van der Waals surface area contributed by atoms with Crippen molar-refractivity contribution in [3.8, 4) is 0 Å². The quantitative estimate of drug-likeness (QED) is 0.423. The van der Waals surface area contributed by atoms with Crippen molar-refractivity contribution in [2.45, 2.75) is 123 Å². The molecule has 0 radical (unpaired) electrons. The van der Waals surface area contributed by atoms with Crippen molar-refractivity contribution in [1.29, 1.82) is 0 Å². The minimum atomic E-state index is -0.496. The summed E-state index contributed by atoms with van der Waals surface area (Å²) in [5.74, 6) is 6.52. The molecule has 0 aromatic rings. The topological polar surface area (TPSA) is 0 Å². The lowest BCUT2D eigenvalue weighted by Gasteiger charge is -2.40. The van der Waals surface area contributed by atoms with Crippen LogP contribution in [0.5, 0.6) is 0 Å². The van der Waals surface area contributed by atoms with Crippen LogP contribution in [0.25, 0.3) is 0 Å². The molecule has 4 rings (SSSR count). The molecule has 4 saturated carbocycles. The van der Waals surface area contributed by atoms with Crippen molar-refractivity contribution >= 4 is 0 Å². The van der Waals surface area contributed by atoms with Crippen LogP contribution >= 0.6 is 0 Å². The Morgan fingerprint density at radius 1 is 0.464 bits per heavy atom. The Morgan fingerprint density at radius 3 is 1.43 bits per heavy atom. The molecule has 1 heteroatoms. The first-order valence-corrected chi connectivity index (χ1v) is 13.2. The van der Waals surface area contributed by atoms with E-state index in [2.05, 4.69) is 13.8 Å². The van der Waals surface area contributed by atoms with E-state index in [9.17, 15) is 0 Å². The molecule has 0 nitrogen and oxygen atoms in total. The van der Waals surface area contributed by atoms with E-state index in [0.717, 1.165) is 36.0 Å². The maximum atomic E-state index is 15.5. The number of alkyl halides is 1. The van der Waals surface area contributed by atoms with Crippen LogP contribution < -0.4 is 0 Å². The molecule has 0 bridgehead atoms. The molecule has 0 aromatic heterocycles. The highest BCUT2D eigenvalue weighted by Crippen LogP contribution is 2.47. The summed E-state index contributed by atoms with van der Waals surface area (Å²) in [4.78, 5) is 0. The molecule has 0 heterocycles. The summed E-state index contributed by atoms with van der Waals surface area (Å²) in [6.07, 6.45) is 21.2. The highest BCUT2D eigenvalue weighted by atomic mass is 19.1. The lowest BCUT2D eigenvalue weighted by Crippen LogP contribution is -2.32. The Morgan fingerprint density at radius 2 is 0.893 bits per heavy atom. The summed E-state index contributed by atoms with van der Waals surface area (Å²) in [6.45, 7) is 4.84. The molecule has 0 aliphatic heterocycles. The Balaban J connectivity index is 1.26. The van der Waals surface area contributed by atoms with Gasteiger partial charge in [0.25, 0.3) is 0 Å². The SMILES string of the molecule is CC1CCC(C2CCC(C3CCCC(C4CCC(C)CC4)CC3F)CC2)CC1. The first-order chi connectivity index (χ1) is 13.6. The fourth-order valence-corrected chi connectivity index (χ4v) is 7.90. The third-order valence-corrected chi connectivity index (χ3v) is 9.98. The lowest BCUT2D eigenvalue weighted by atomic mass is 9.66. The number of hydrogen-bond donors (Lipinski definition) is 0. The van der Waals surface area contributed by atoms with Gasteiger partial charge in [-0.3, -0.25) is 0 Å². The average molecular weight is 391 g/mol. The zero-order valence-electron chi connectivity index (χ0n) is 18.9. The van der Waals surface area contributed by atoms with Gasteiger partial charge in [-0.25, -0.2) is 4.39 Å². The molecule has 162 valence electrons. The van der Waals surface area contributed by atoms with E-state index >= 15 is 4.39 Å². The van der Waals surface area contributed by atoms with Crippen molar-refractivity contribution in [3.05, 3.63) is 0 Å². The minimum absolute atomic E-state index is 0.403. The van der Waals surface area contributed by atoms with Gasteiger partial charge in [-0.05, 0) is 112 Å². The third kappa shape index (κ3) is 5.15. The molecule has 28 heavy (non-hydrogen) atoms. The molecule has 0 spiro atoms. The second kappa shape index (κ2) is 9.82. The van der Waals surface area contributed by atoms with Gasteiger partial charge in [-0.15, -0.1) is 0 Å². The molecule has 0 aromatic carbocycles. The monoisotopic (exact) mass is 390 g/mol. The van der Waals surface area contributed by atoms with E-state index in [4.69, 9.17) is 0 Å². The third-order valence-electron chi connectivity index (χ3n) is 9.98. The Kier molecular flexibility index (Phi) is 7.43. The van der Waals surface area contributed by atoms with Crippen LogP contribution in [0.2, 0.25) is 0 Å². The zero-order valence-corrected chi connectivity index (χ0v) is 18.9. The predicted molar refractivity (Wildman–Crippen MR) is 118 cm³/mol. The summed E-state index contributed by atoms with van der Waals surface area (Å²) in [5.41, 5.74) is 0. The standard InChI is InChI=1S/C27H47F/c1-19-6-10-21(11-7-19)22-14-16-24(17-15-22)26-5-3-4-25(18-27(26)28)23-12-8-20(2)9-13-23/h19-27H,3-18H2,1-2H3. The maximum absolute atomic E-state index is 15.5. The van der Waals surface area contributed by atoms with Gasteiger partial charge < -0.3 is 0 Å². The highest BCUT2D eigenvalue weighted by molar-refractivity contribution is 4.89. The summed E-state index contributed by atoms with van der Waals surface area (Å²) in [6, 6.07) is 0. The number of hydrogen-bond acceptors (Lipinski definition) is 0. The first kappa shape index (κ1) is 21.2. The van der Waals surface area contributed by atoms with Gasteiger partial charge in [-0.1, -0.05) is 52.4 Å². The highest BCUT2D eigenvalue weighted by Gasteiger charge is 2.39. The second-order valence-electron chi connectivity index (χ2n) is 11.8. The summed E-state index contributed by atoms with van der Waals surface area (Å²) in [7, 11) is 0. The van der Waals surface area contributed by atoms with Crippen LogP contribution in [0, 0.1) is 47.3 Å². The fraction of sp³-hybridized carbons (Fsp3) is 1.00. The van der Waals surface area contributed by atoms with Gasteiger partial charge in [0.1, 0.15) is 6.17 Å². The van der Waals surface area contributed by atoms with Crippen LogP contribution in [0.4, 0.5) is 4.39 Å². The average Bonchev–Trinajstić information content (AvgIpc) is 2.91. The smallest absolute Gasteiger partial charge is 0.103 e. The van der Waals surface area contributed by atoms with Gasteiger partial charge in [0.2, 0.25) is 0 Å². The molecular formula is C27H47F. The van der Waals surface area contributed by atoms with Gasteiger partial charge in [-0.2, -0.15) is 0 Å². The molecule has 4 fully saturated rings. The van der Waals surface area contributed by atoms with E-state index in [1.54, 1.807) is 0 Å². The van der Waals surface area contributed by atoms with E-state index in [-0.39, 0.29) is 0 Å². The van der Waals surface area contributed by atoms with Crippen molar-refractivity contribution < 1.29 is 4.39 Å². The predicted octanol–water partition coefficient (Wildman–Crippen LogP) is 8.59. The Bertz CT molecular complexity index is 449. The molecule has 0 amide bonds.